The van der Waals surface area contributed by atoms with Crippen molar-refractivity contribution < 1.29 is 22.8 Å². The number of alkyl halides is 3. The molecule has 0 spiro atoms. The zero-order chi connectivity index (χ0) is 15.2. The van der Waals surface area contributed by atoms with E-state index in [0.29, 0.717) is 0 Å². The third-order valence-electron chi connectivity index (χ3n) is 2.24. The van der Waals surface area contributed by atoms with Crippen LogP contribution in [-0.2, 0) is 15.8 Å². The van der Waals surface area contributed by atoms with Gasteiger partial charge >= 0.3 is 6.18 Å². The standard InChI is InChI=1S/C13H13F3N2O2/c1-2-6-17-11(19)8-12(20)18-10-5-3-4-9(7-10)13(14,15)16/h2-5,7H,1,6,8H2,(H,17,19)(H,18,20). The fourth-order valence-corrected chi connectivity index (χ4v) is 1.37. The summed E-state index contributed by atoms with van der Waals surface area (Å²) in [6.45, 7) is 3.61. The predicted molar refractivity (Wildman–Crippen MR) is 67.9 cm³/mol. The Balaban J connectivity index is 2.62. The van der Waals surface area contributed by atoms with Crippen LogP contribution in [0.3, 0.4) is 0 Å². The van der Waals surface area contributed by atoms with Crippen molar-refractivity contribution in [3.8, 4) is 0 Å². The van der Waals surface area contributed by atoms with Gasteiger partial charge in [0.1, 0.15) is 6.42 Å². The van der Waals surface area contributed by atoms with Crippen molar-refractivity contribution in [1.29, 1.82) is 0 Å². The van der Waals surface area contributed by atoms with Gasteiger partial charge in [-0.15, -0.1) is 6.58 Å². The molecule has 0 unspecified atom stereocenters. The number of hydrogen-bond donors (Lipinski definition) is 2. The Bertz CT molecular complexity index is 513. The van der Waals surface area contributed by atoms with Crippen LogP contribution in [-0.4, -0.2) is 18.4 Å². The lowest BCUT2D eigenvalue weighted by molar-refractivity contribution is -0.137. The summed E-state index contributed by atoms with van der Waals surface area (Å²) in [5.74, 6) is -1.22. The van der Waals surface area contributed by atoms with Crippen molar-refractivity contribution in [3.63, 3.8) is 0 Å². The molecule has 1 aromatic rings. The van der Waals surface area contributed by atoms with E-state index in [0.717, 1.165) is 12.1 Å². The molecule has 108 valence electrons. The number of nitrogens with one attached hydrogen (secondary N) is 2. The van der Waals surface area contributed by atoms with Crippen molar-refractivity contribution >= 4 is 17.5 Å². The SMILES string of the molecule is C=CCNC(=O)CC(=O)Nc1cccc(C(F)(F)F)c1. The van der Waals surface area contributed by atoms with E-state index in [-0.39, 0.29) is 12.2 Å². The smallest absolute Gasteiger partial charge is 0.352 e. The van der Waals surface area contributed by atoms with E-state index in [9.17, 15) is 22.8 Å². The molecule has 0 fully saturated rings. The van der Waals surface area contributed by atoms with Crippen molar-refractivity contribution in [3.05, 3.63) is 42.5 Å². The second-order valence-corrected chi connectivity index (χ2v) is 3.90. The molecule has 0 bridgehead atoms. The second-order valence-electron chi connectivity index (χ2n) is 3.90. The number of rotatable bonds is 5. The first-order valence-electron chi connectivity index (χ1n) is 5.67. The van der Waals surface area contributed by atoms with Gasteiger partial charge < -0.3 is 10.6 Å². The van der Waals surface area contributed by atoms with Crippen LogP contribution in [0.1, 0.15) is 12.0 Å². The van der Waals surface area contributed by atoms with Crippen molar-refractivity contribution in [2.45, 2.75) is 12.6 Å². The first-order chi connectivity index (χ1) is 9.32. The van der Waals surface area contributed by atoms with E-state index < -0.39 is 30.0 Å². The zero-order valence-corrected chi connectivity index (χ0v) is 10.5. The number of carbonyl (C=O) groups excluding carboxylic acids is 2. The topological polar surface area (TPSA) is 58.2 Å². The van der Waals surface area contributed by atoms with Crippen LogP contribution in [0, 0.1) is 0 Å². The summed E-state index contributed by atoms with van der Waals surface area (Å²) in [6.07, 6.45) is -3.51. The largest absolute Gasteiger partial charge is 0.416 e. The van der Waals surface area contributed by atoms with E-state index in [4.69, 9.17) is 0 Å². The lowest BCUT2D eigenvalue weighted by Crippen LogP contribution is -2.28. The molecule has 2 N–H and O–H groups in total. The molecule has 0 heterocycles. The molecule has 0 aliphatic carbocycles. The Morgan fingerprint density at radius 1 is 1.25 bits per heavy atom. The summed E-state index contributed by atoms with van der Waals surface area (Å²) in [7, 11) is 0. The van der Waals surface area contributed by atoms with Crippen LogP contribution in [0.15, 0.2) is 36.9 Å². The fraction of sp³-hybridized carbons (Fsp3) is 0.231. The Kier molecular flexibility index (Phi) is 5.31. The summed E-state index contributed by atoms with van der Waals surface area (Å²) >= 11 is 0. The molecule has 0 aromatic heterocycles. The molecule has 7 heteroatoms. The van der Waals surface area contributed by atoms with Gasteiger partial charge in [-0.05, 0) is 18.2 Å². The van der Waals surface area contributed by atoms with Crippen LogP contribution in [0.25, 0.3) is 0 Å². The number of benzene rings is 1. The highest BCUT2D eigenvalue weighted by molar-refractivity contribution is 6.03. The highest BCUT2D eigenvalue weighted by Crippen LogP contribution is 2.30. The monoisotopic (exact) mass is 286 g/mol. The van der Waals surface area contributed by atoms with Gasteiger partial charge in [-0.3, -0.25) is 9.59 Å². The Morgan fingerprint density at radius 3 is 2.55 bits per heavy atom. The molecule has 0 aliphatic rings. The molecule has 0 saturated heterocycles. The minimum Gasteiger partial charge on any atom is -0.352 e. The Labute approximate surface area is 113 Å². The van der Waals surface area contributed by atoms with Crippen LogP contribution in [0.4, 0.5) is 18.9 Å². The van der Waals surface area contributed by atoms with Crippen LogP contribution in [0.5, 0.6) is 0 Å². The molecule has 2 amide bonds. The van der Waals surface area contributed by atoms with E-state index >= 15 is 0 Å². The number of amides is 2. The molecule has 1 aromatic carbocycles. The average Bonchev–Trinajstić information content (AvgIpc) is 2.35. The Hall–Kier alpha value is -2.31. The number of anilines is 1. The van der Waals surface area contributed by atoms with Gasteiger partial charge in [-0.2, -0.15) is 13.2 Å². The zero-order valence-electron chi connectivity index (χ0n) is 10.5. The summed E-state index contributed by atoms with van der Waals surface area (Å²) in [5.41, 5.74) is -0.882. The van der Waals surface area contributed by atoms with Gasteiger partial charge in [0.15, 0.2) is 0 Å². The quantitative estimate of drug-likeness (QED) is 0.644. The van der Waals surface area contributed by atoms with Crippen molar-refractivity contribution in [1.82, 2.24) is 5.32 Å². The van der Waals surface area contributed by atoms with Crippen LogP contribution >= 0.6 is 0 Å². The van der Waals surface area contributed by atoms with Crippen LogP contribution < -0.4 is 10.6 Å². The highest BCUT2D eigenvalue weighted by atomic mass is 19.4. The summed E-state index contributed by atoms with van der Waals surface area (Å²) in [6, 6.07) is 4.19. The summed E-state index contributed by atoms with van der Waals surface area (Å²) in [5, 5.41) is 4.62. The average molecular weight is 286 g/mol. The third kappa shape index (κ3) is 5.13. The van der Waals surface area contributed by atoms with Gasteiger partial charge in [-0.1, -0.05) is 12.1 Å². The van der Waals surface area contributed by atoms with Gasteiger partial charge in [0.25, 0.3) is 0 Å². The Morgan fingerprint density at radius 2 is 1.95 bits per heavy atom. The molecular weight excluding hydrogens is 273 g/mol. The van der Waals surface area contributed by atoms with E-state index in [2.05, 4.69) is 17.2 Å². The van der Waals surface area contributed by atoms with E-state index in [1.54, 1.807) is 0 Å². The third-order valence-corrected chi connectivity index (χ3v) is 2.24. The van der Waals surface area contributed by atoms with Crippen molar-refractivity contribution in [2.75, 3.05) is 11.9 Å². The summed E-state index contributed by atoms with van der Waals surface area (Å²) < 4.78 is 37.4. The van der Waals surface area contributed by atoms with Crippen molar-refractivity contribution in [2.24, 2.45) is 0 Å². The molecule has 0 saturated carbocycles. The predicted octanol–water partition coefficient (Wildman–Crippen LogP) is 2.34. The first kappa shape index (κ1) is 15.7. The highest BCUT2D eigenvalue weighted by Gasteiger charge is 2.30. The molecule has 20 heavy (non-hydrogen) atoms. The maximum Gasteiger partial charge on any atom is 0.416 e. The maximum atomic E-state index is 12.5. The second kappa shape index (κ2) is 6.74. The molecular formula is C13H13F3N2O2. The van der Waals surface area contributed by atoms with Gasteiger partial charge in [0.2, 0.25) is 11.8 Å². The number of hydrogen-bond acceptors (Lipinski definition) is 2. The molecule has 0 atom stereocenters. The molecule has 4 nitrogen and oxygen atoms in total. The minimum absolute atomic E-state index is 0.0126. The molecule has 1 rings (SSSR count). The van der Waals surface area contributed by atoms with Gasteiger partial charge in [-0.25, -0.2) is 0 Å². The lowest BCUT2D eigenvalue weighted by atomic mass is 10.2. The van der Waals surface area contributed by atoms with E-state index in [1.165, 1.54) is 18.2 Å². The van der Waals surface area contributed by atoms with Gasteiger partial charge in [0.05, 0.1) is 5.56 Å². The van der Waals surface area contributed by atoms with Crippen LogP contribution in [0.2, 0.25) is 0 Å². The minimum atomic E-state index is -4.48. The van der Waals surface area contributed by atoms with E-state index in [1.807, 2.05) is 0 Å². The van der Waals surface area contributed by atoms with Gasteiger partial charge in [0, 0.05) is 12.2 Å². The number of halogens is 3. The summed E-state index contributed by atoms with van der Waals surface area (Å²) in [4.78, 5) is 22.7. The first-order valence-corrected chi connectivity index (χ1v) is 5.67. The normalized spacial score (nSPS) is 10.8. The molecule has 0 radical (unpaired) electrons. The fourth-order valence-electron chi connectivity index (χ4n) is 1.37. The molecule has 0 aliphatic heterocycles. The number of carbonyl (C=O) groups is 2. The lowest BCUT2D eigenvalue weighted by Gasteiger charge is -2.09. The maximum absolute atomic E-state index is 12.5.